The first kappa shape index (κ1) is 15.0. The average Bonchev–Trinajstić information content (AvgIpc) is 2.90. The first-order valence-electron chi connectivity index (χ1n) is 6.10. The minimum absolute atomic E-state index is 0.0952. The van der Waals surface area contributed by atoms with E-state index in [2.05, 4.69) is 20.3 Å². The van der Waals surface area contributed by atoms with Crippen molar-refractivity contribution in [2.75, 3.05) is 0 Å². The predicted molar refractivity (Wildman–Crippen MR) is 75.2 cm³/mol. The molecule has 110 valence electrons. The van der Waals surface area contributed by atoms with Gasteiger partial charge < -0.3 is 15.4 Å². The molecular formula is C13H13ClN4O3. The third-order valence-electron chi connectivity index (χ3n) is 2.82. The van der Waals surface area contributed by atoms with E-state index < -0.39 is 17.9 Å². The van der Waals surface area contributed by atoms with E-state index in [1.807, 2.05) is 0 Å². The maximum atomic E-state index is 12.1. The van der Waals surface area contributed by atoms with Gasteiger partial charge in [0.05, 0.1) is 16.9 Å². The van der Waals surface area contributed by atoms with Crippen LogP contribution in [0.15, 0.2) is 24.8 Å². The van der Waals surface area contributed by atoms with Gasteiger partial charge in [-0.05, 0) is 13.0 Å². The molecule has 0 spiro atoms. The second-order valence-electron chi connectivity index (χ2n) is 4.45. The molecular weight excluding hydrogens is 296 g/mol. The minimum atomic E-state index is -1.14. The zero-order chi connectivity index (χ0) is 15.4. The summed E-state index contributed by atoms with van der Waals surface area (Å²) in [5.41, 5.74) is 1.41. The topological polar surface area (TPSA) is 108 Å². The first-order chi connectivity index (χ1) is 9.97. The molecule has 0 aromatic carbocycles. The lowest BCUT2D eigenvalue weighted by atomic mass is 10.1. The van der Waals surface area contributed by atoms with Crippen LogP contribution in [0.2, 0.25) is 5.02 Å². The molecule has 0 aliphatic carbocycles. The molecule has 0 radical (unpaired) electrons. The summed E-state index contributed by atoms with van der Waals surface area (Å²) < 4.78 is 0. The lowest BCUT2D eigenvalue weighted by Crippen LogP contribution is -2.42. The Labute approximate surface area is 125 Å². The van der Waals surface area contributed by atoms with Crippen molar-refractivity contribution in [3.63, 3.8) is 0 Å². The monoisotopic (exact) mass is 308 g/mol. The molecule has 1 amide bonds. The highest BCUT2D eigenvalue weighted by Gasteiger charge is 2.23. The zero-order valence-electron chi connectivity index (χ0n) is 11.1. The van der Waals surface area contributed by atoms with E-state index in [4.69, 9.17) is 11.6 Å². The number of aromatic nitrogens is 3. The van der Waals surface area contributed by atoms with Crippen LogP contribution in [0.5, 0.6) is 0 Å². The number of pyridine rings is 1. The molecule has 0 aliphatic heterocycles. The number of amides is 1. The molecule has 21 heavy (non-hydrogen) atoms. The quantitative estimate of drug-likeness (QED) is 0.769. The summed E-state index contributed by atoms with van der Waals surface area (Å²) in [5, 5.41) is 11.8. The zero-order valence-corrected chi connectivity index (χ0v) is 11.9. The van der Waals surface area contributed by atoms with E-state index >= 15 is 0 Å². The number of nitrogens with zero attached hydrogens (tertiary/aromatic N) is 2. The highest BCUT2D eigenvalue weighted by atomic mass is 35.5. The van der Waals surface area contributed by atoms with E-state index in [-0.39, 0.29) is 17.0 Å². The molecule has 7 nitrogen and oxygen atoms in total. The summed E-state index contributed by atoms with van der Waals surface area (Å²) in [7, 11) is 0. The Morgan fingerprint density at radius 2 is 2.24 bits per heavy atom. The van der Waals surface area contributed by atoms with Crippen molar-refractivity contribution in [2.45, 2.75) is 19.4 Å². The van der Waals surface area contributed by atoms with Gasteiger partial charge in [0.25, 0.3) is 5.91 Å². The Balaban J connectivity index is 2.12. The van der Waals surface area contributed by atoms with Gasteiger partial charge in [-0.1, -0.05) is 11.6 Å². The molecule has 2 aromatic rings. The van der Waals surface area contributed by atoms with Gasteiger partial charge in [-0.25, -0.2) is 9.78 Å². The van der Waals surface area contributed by atoms with Gasteiger partial charge in [0.15, 0.2) is 0 Å². The second kappa shape index (κ2) is 6.36. The number of hydrogen-bond acceptors (Lipinski definition) is 4. The van der Waals surface area contributed by atoms with Crippen LogP contribution in [-0.2, 0) is 11.2 Å². The standard InChI is InChI=1S/C13H13ClN4O3/c1-7-2-10(14)9(5-16-7)12(19)18-11(13(20)21)3-8-4-15-6-17-8/h2,4-6,11H,3H2,1H3,(H,15,17)(H,18,19)(H,20,21). The number of hydrogen-bond donors (Lipinski definition) is 3. The number of carboxylic acid groups (broad SMARTS) is 1. The normalized spacial score (nSPS) is 11.9. The van der Waals surface area contributed by atoms with Gasteiger partial charge in [0, 0.05) is 30.2 Å². The van der Waals surface area contributed by atoms with E-state index in [0.29, 0.717) is 11.4 Å². The molecule has 8 heteroatoms. The largest absolute Gasteiger partial charge is 0.480 e. The summed E-state index contributed by atoms with van der Waals surface area (Å²) in [6, 6.07) is 0.455. The number of nitrogens with one attached hydrogen (secondary N) is 2. The summed E-state index contributed by atoms with van der Waals surface area (Å²) >= 11 is 5.97. The molecule has 0 fully saturated rings. The summed E-state index contributed by atoms with van der Waals surface area (Å²) in [6.45, 7) is 1.74. The highest BCUT2D eigenvalue weighted by Crippen LogP contribution is 2.15. The number of carboxylic acids is 1. The van der Waals surface area contributed by atoms with Crippen LogP contribution in [0.25, 0.3) is 0 Å². The van der Waals surface area contributed by atoms with Crippen LogP contribution in [0.3, 0.4) is 0 Å². The van der Waals surface area contributed by atoms with Crippen LogP contribution in [0.1, 0.15) is 21.7 Å². The van der Waals surface area contributed by atoms with Crippen molar-refractivity contribution >= 4 is 23.5 Å². The molecule has 0 bridgehead atoms. The van der Waals surface area contributed by atoms with E-state index in [1.54, 1.807) is 13.0 Å². The highest BCUT2D eigenvalue weighted by molar-refractivity contribution is 6.33. The lowest BCUT2D eigenvalue weighted by Gasteiger charge is -2.14. The smallest absolute Gasteiger partial charge is 0.326 e. The van der Waals surface area contributed by atoms with Gasteiger partial charge in [-0.3, -0.25) is 9.78 Å². The van der Waals surface area contributed by atoms with Crippen LogP contribution < -0.4 is 5.32 Å². The molecule has 2 rings (SSSR count). The summed E-state index contributed by atoms with van der Waals surface area (Å²) in [6.07, 6.45) is 4.36. The summed E-state index contributed by atoms with van der Waals surface area (Å²) in [5.74, 6) is -1.73. The van der Waals surface area contributed by atoms with Crippen LogP contribution in [0.4, 0.5) is 0 Å². The maximum Gasteiger partial charge on any atom is 0.326 e. The van der Waals surface area contributed by atoms with E-state index in [1.165, 1.54) is 18.7 Å². The van der Waals surface area contributed by atoms with Crippen molar-refractivity contribution in [1.82, 2.24) is 20.3 Å². The Kier molecular flexibility index (Phi) is 4.54. The number of aryl methyl sites for hydroxylation is 1. The third-order valence-corrected chi connectivity index (χ3v) is 3.13. The SMILES string of the molecule is Cc1cc(Cl)c(C(=O)NC(Cc2cnc[nH]2)C(=O)O)cn1. The van der Waals surface area contributed by atoms with Gasteiger partial charge in [-0.15, -0.1) is 0 Å². The van der Waals surface area contributed by atoms with Gasteiger partial charge in [-0.2, -0.15) is 0 Å². The number of imidazole rings is 1. The van der Waals surface area contributed by atoms with Crippen molar-refractivity contribution in [3.8, 4) is 0 Å². The molecule has 0 aliphatic rings. The molecule has 2 aromatic heterocycles. The fraction of sp³-hybridized carbons (Fsp3) is 0.231. The van der Waals surface area contributed by atoms with Crippen molar-refractivity contribution in [2.24, 2.45) is 0 Å². The Hall–Kier alpha value is -2.41. The van der Waals surface area contributed by atoms with Crippen LogP contribution in [0, 0.1) is 6.92 Å². The van der Waals surface area contributed by atoms with Crippen molar-refractivity contribution in [1.29, 1.82) is 0 Å². The Bertz CT molecular complexity index is 657. The molecule has 3 N–H and O–H groups in total. The van der Waals surface area contributed by atoms with Crippen molar-refractivity contribution < 1.29 is 14.7 Å². The third kappa shape index (κ3) is 3.79. The molecule has 1 unspecified atom stereocenters. The number of aliphatic carboxylic acids is 1. The minimum Gasteiger partial charge on any atom is -0.480 e. The van der Waals surface area contributed by atoms with Gasteiger partial charge in [0.1, 0.15) is 6.04 Å². The molecule has 1 atom stereocenters. The fourth-order valence-corrected chi connectivity index (χ4v) is 2.04. The maximum absolute atomic E-state index is 12.1. The lowest BCUT2D eigenvalue weighted by molar-refractivity contribution is -0.139. The van der Waals surface area contributed by atoms with Crippen molar-refractivity contribution in [3.05, 3.63) is 46.8 Å². The Morgan fingerprint density at radius 3 is 2.81 bits per heavy atom. The molecule has 2 heterocycles. The number of carbonyl (C=O) groups excluding carboxylic acids is 1. The number of carbonyl (C=O) groups is 2. The van der Waals surface area contributed by atoms with Crippen LogP contribution in [-0.4, -0.2) is 38.0 Å². The number of halogens is 1. The van der Waals surface area contributed by atoms with Gasteiger partial charge in [0.2, 0.25) is 0 Å². The van der Waals surface area contributed by atoms with Gasteiger partial charge >= 0.3 is 5.97 Å². The van der Waals surface area contributed by atoms with Crippen LogP contribution >= 0.6 is 11.6 Å². The first-order valence-corrected chi connectivity index (χ1v) is 6.48. The van der Waals surface area contributed by atoms with E-state index in [9.17, 15) is 14.7 Å². The molecule has 0 saturated carbocycles. The summed E-state index contributed by atoms with van der Waals surface area (Å²) in [4.78, 5) is 33.9. The Morgan fingerprint density at radius 1 is 1.48 bits per heavy atom. The fourth-order valence-electron chi connectivity index (χ4n) is 1.75. The van der Waals surface area contributed by atoms with E-state index in [0.717, 1.165) is 0 Å². The predicted octanol–water partition coefficient (Wildman–Crippen LogP) is 1.19. The number of H-pyrrole nitrogens is 1. The number of rotatable bonds is 5. The second-order valence-corrected chi connectivity index (χ2v) is 4.86. The molecule has 0 saturated heterocycles. The number of aromatic amines is 1. The average molecular weight is 309 g/mol.